The predicted molar refractivity (Wildman–Crippen MR) is 79.2 cm³/mol. The summed E-state index contributed by atoms with van der Waals surface area (Å²) in [5.41, 5.74) is 1.41. The van der Waals surface area contributed by atoms with Gasteiger partial charge in [-0.05, 0) is 36.8 Å². The number of carbonyl (C=O) groups excluding carboxylic acids is 1. The fraction of sp³-hybridized carbons (Fsp3) is 0.471. The van der Waals surface area contributed by atoms with Crippen LogP contribution in [0, 0.1) is 12.3 Å². The molecule has 0 radical (unpaired) electrons. The summed E-state index contributed by atoms with van der Waals surface area (Å²) in [4.78, 5) is 12.5. The lowest BCUT2D eigenvalue weighted by atomic mass is 9.72. The number of hydrogen-bond donors (Lipinski definition) is 1. The van der Waals surface area contributed by atoms with Crippen LogP contribution in [0.4, 0.5) is 0 Å². The Morgan fingerprint density at radius 2 is 2.30 bits per heavy atom. The van der Waals surface area contributed by atoms with E-state index in [4.69, 9.17) is 11.2 Å². The number of esters is 1. The van der Waals surface area contributed by atoms with E-state index in [-0.39, 0.29) is 5.97 Å². The van der Waals surface area contributed by atoms with Crippen molar-refractivity contribution in [3.8, 4) is 12.3 Å². The van der Waals surface area contributed by atoms with Gasteiger partial charge in [-0.2, -0.15) is 0 Å². The van der Waals surface area contributed by atoms with E-state index < -0.39 is 5.54 Å². The summed E-state index contributed by atoms with van der Waals surface area (Å²) < 4.78 is 5.30. The zero-order valence-corrected chi connectivity index (χ0v) is 12.1. The quantitative estimate of drug-likeness (QED) is 0.675. The zero-order valence-electron chi connectivity index (χ0n) is 12.1. The molecule has 0 heterocycles. The highest BCUT2D eigenvalue weighted by atomic mass is 16.5. The third kappa shape index (κ3) is 2.44. The molecule has 2 atom stereocenters. The summed E-state index contributed by atoms with van der Waals surface area (Å²) in [5.74, 6) is 2.78. The molecule has 0 aliphatic heterocycles. The van der Waals surface area contributed by atoms with Gasteiger partial charge in [-0.15, -0.1) is 6.42 Å². The van der Waals surface area contributed by atoms with Gasteiger partial charge in [0, 0.05) is 0 Å². The van der Waals surface area contributed by atoms with Crippen LogP contribution in [0.3, 0.4) is 0 Å². The van der Waals surface area contributed by atoms with Crippen LogP contribution in [-0.2, 0) is 15.1 Å². The molecule has 1 aliphatic rings. The van der Waals surface area contributed by atoms with Crippen LogP contribution in [0.5, 0.6) is 0 Å². The molecule has 0 saturated heterocycles. The topological polar surface area (TPSA) is 38.3 Å². The molecule has 106 valence electrons. The van der Waals surface area contributed by atoms with Crippen molar-refractivity contribution in [1.82, 2.24) is 5.32 Å². The molecule has 0 fully saturated rings. The van der Waals surface area contributed by atoms with Crippen molar-refractivity contribution in [3.63, 3.8) is 0 Å². The minimum atomic E-state index is -0.800. The molecule has 1 N–H and O–H groups in total. The summed E-state index contributed by atoms with van der Waals surface area (Å²) in [6.07, 6.45) is 7.01. The lowest BCUT2D eigenvalue weighted by Crippen LogP contribution is -2.52. The summed E-state index contributed by atoms with van der Waals surface area (Å²) >= 11 is 0. The first-order chi connectivity index (χ1) is 9.65. The first-order valence-corrected chi connectivity index (χ1v) is 7.10. The first-order valence-electron chi connectivity index (χ1n) is 7.10. The Bertz CT molecular complexity index is 532. The molecule has 0 saturated carbocycles. The van der Waals surface area contributed by atoms with Gasteiger partial charge in [0.15, 0.2) is 0 Å². The van der Waals surface area contributed by atoms with E-state index in [1.165, 1.54) is 5.56 Å². The molecule has 0 bridgehead atoms. The Kier molecular flexibility index (Phi) is 4.46. The number of nitrogens with one attached hydrogen (secondary N) is 1. The van der Waals surface area contributed by atoms with E-state index in [9.17, 15) is 4.79 Å². The van der Waals surface area contributed by atoms with Gasteiger partial charge in [-0.25, -0.2) is 4.79 Å². The van der Waals surface area contributed by atoms with Crippen LogP contribution in [0.15, 0.2) is 24.3 Å². The molecule has 1 aromatic rings. The second-order valence-electron chi connectivity index (χ2n) is 5.21. The molecule has 2 unspecified atom stereocenters. The van der Waals surface area contributed by atoms with Crippen LogP contribution in [0.2, 0.25) is 0 Å². The van der Waals surface area contributed by atoms with Crippen molar-refractivity contribution in [1.29, 1.82) is 0 Å². The van der Waals surface area contributed by atoms with Crippen molar-refractivity contribution in [3.05, 3.63) is 35.4 Å². The number of terminal acetylenes is 1. The maximum atomic E-state index is 12.5. The fourth-order valence-corrected chi connectivity index (χ4v) is 2.96. The standard InChI is InChI=1S/C17H21NO2/c1-4-12-18-17(16(19)20-5-2)11-10-13(3)14-8-6-7-9-15(14)17/h1,6-9,13,18H,5,10-12H2,2-3H3. The SMILES string of the molecule is C#CCNC1(C(=O)OCC)CCC(C)c2ccccc21. The number of benzene rings is 1. The van der Waals surface area contributed by atoms with E-state index >= 15 is 0 Å². The Morgan fingerprint density at radius 3 is 3.00 bits per heavy atom. The van der Waals surface area contributed by atoms with Gasteiger partial charge in [-0.3, -0.25) is 5.32 Å². The van der Waals surface area contributed by atoms with E-state index in [1.54, 1.807) is 0 Å². The summed E-state index contributed by atoms with van der Waals surface area (Å²) in [7, 11) is 0. The van der Waals surface area contributed by atoms with Gasteiger partial charge in [0.25, 0.3) is 0 Å². The highest BCUT2D eigenvalue weighted by molar-refractivity contribution is 5.84. The Hall–Kier alpha value is -1.79. The van der Waals surface area contributed by atoms with Crippen molar-refractivity contribution < 1.29 is 9.53 Å². The number of carbonyl (C=O) groups is 1. The monoisotopic (exact) mass is 271 g/mol. The number of rotatable bonds is 4. The normalized spacial score (nSPS) is 24.6. The van der Waals surface area contributed by atoms with Crippen molar-refractivity contribution in [2.24, 2.45) is 0 Å². The average molecular weight is 271 g/mol. The maximum absolute atomic E-state index is 12.5. The Labute approximate surface area is 120 Å². The minimum Gasteiger partial charge on any atom is -0.464 e. The summed E-state index contributed by atoms with van der Waals surface area (Å²) in [6.45, 7) is 4.73. The third-order valence-corrected chi connectivity index (χ3v) is 4.02. The highest BCUT2D eigenvalue weighted by Crippen LogP contribution is 2.41. The number of fused-ring (bicyclic) bond motifs is 1. The molecule has 0 aromatic heterocycles. The molecular weight excluding hydrogens is 250 g/mol. The Balaban J connectivity index is 2.49. The van der Waals surface area contributed by atoms with Crippen LogP contribution in [0.25, 0.3) is 0 Å². The molecule has 2 rings (SSSR count). The van der Waals surface area contributed by atoms with Gasteiger partial charge < -0.3 is 4.74 Å². The average Bonchev–Trinajstić information content (AvgIpc) is 2.47. The molecular formula is C17H21NO2. The van der Waals surface area contributed by atoms with E-state index in [2.05, 4.69) is 24.2 Å². The van der Waals surface area contributed by atoms with E-state index in [0.29, 0.717) is 25.5 Å². The molecule has 1 aliphatic carbocycles. The first kappa shape index (κ1) is 14.6. The molecule has 0 amide bonds. The predicted octanol–water partition coefficient (Wildman–Crippen LogP) is 2.57. The minimum absolute atomic E-state index is 0.227. The molecule has 1 aromatic carbocycles. The van der Waals surface area contributed by atoms with Gasteiger partial charge in [0.2, 0.25) is 0 Å². The van der Waals surface area contributed by atoms with Crippen LogP contribution < -0.4 is 5.32 Å². The zero-order chi connectivity index (χ0) is 14.6. The van der Waals surface area contributed by atoms with Crippen LogP contribution in [-0.4, -0.2) is 19.1 Å². The summed E-state index contributed by atoms with van der Waals surface area (Å²) in [6, 6.07) is 8.07. The van der Waals surface area contributed by atoms with Crippen LogP contribution >= 0.6 is 0 Å². The maximum Gasteiger partial charge on any atom is 0.331 e. The largest absolute Gasteiger partial charge is 0.464 e. The molecule has 3 heteroatoms. The molecule has 0 spiro atoms. The van der Waals surface area contributed by atoms with Gasteiger partial charge in [0.1, 0.15) is 5.54 Å². The van der Waals surface area contributed by atoms with Crippen molar-refractivity contribution in [2.45, 2.75) is 38.1 Å². The Morgan fingerprint density at radius 1 is 1.55 bits per heavy atom. The smallest absolute Gasteiger partial charge is 0.331 e. The molecule has 20 heavy (non-hydrogen) atoms. The van der Waals surface area contributed by atoms with Gasteiger partial charge >= 0.3 is 5.97 Å². The second kappa shape index (κ2) is 6.11. The van der Waals surface area contributed by atoms with Gasteiger partial charge in [-0.1, -0.05) is 37.1 Å². The van der Waals surface area contributed by atoms with Crippen molar-refractivity contribution >= 4 is 5.97 Å². The lowest BCUT2D eigenvalue weighted by molar-refractivity contribution is -0.152. The van der Waals surface area contributed by atoms with Crippen LogP contribution in [0.1, 0.15) is 43.7 Å². The lowest BCUT2D eigenvalue weighted by Gasteiger charge is -2.39. The highest BCUT2D eigenvalue weighted by Gasteiger charge is 2.45. The molecule has 3 nitrogen and oxygen atoms in total. The third-order valence-electron chi connectivity index (χ3n) is 4.02. The number of hydrogen-bond acceptors (Lipinski definition) is 3. The van der Waals surface area contributed by atoms with E-state index in [1.807, 2.05) is 25.1 Å². The van der Waals surface area contributed by atoms with E-state index in [0.717, 1.165) is 12.0 Å². The van der Waals surface area contributed by atoms with Gasteiger partial charge in [0.05, 0.1) is 13.2 Å². The second-order valence-corrected chi connectivity index (χ2v) is 5.21. The summed E-state index contributed by atoms with van der Waals surface area (Å²) in [5, 5.41) is 3.24. The fourth-order valence-electron chi connectivity index (χ4n) is 2.96. The van der Waals surface area contributed by atoms with Crippen molar-refractivity contribution in [2.75, 3.05) is 13.2 Å². The number of ether oxygens (including phenoxy) is 1.